The quantitative estimate of drug-likeness (QED) is 0.845. The van der Waals surface area contributed by atoms with Gasteiger partial charge in [-0.2, -0.15) is 0 Å². The van der Waals surface area contributed by atoms with Crippen molar-refractivity contribution in [1.29, 1.82) is 0 Å². The zero-order valence-electron chi connectivity index (χ0n) is 14.2. The van der Waals surface area contributed by atoms with Crippen molar-refractivity contribution in [2.24, 2.45) is 11.8 Å². The van der Waals surface area contributed by atoms with Crippen LogP contribution in [0.2, 0.25) is 0 Å². The highest BCUT2D eigenvalue weighted by Crippen LogP contribution is 2.23. The Labute approximate surface area is 134 Å². The first-order chi connectivity index (χ1) is 10.6. The summed E-state index contributed by atoms with van der Waals surface area (Å²) in [7, 11) is 0. The highest BCUT2D eigenvalue weighted by molar-refractivity contribution is 5.76. The largest absolute Gasteiger partial charge is 0.350 e. The summed E-state index contributed by atoms with van der Waals surface area (Å²) < 4.78 is 0. The monoisotopic (exact) mass is 302 g/mol. The highest BCUT2D eigenvalue weighted by Gasteiger charge is 2.22. The summed E-state index contributed by atoms with van der Waals surface area (Å²) in [6.45, 7) is 8.61. The fourth-order valence-electron chi connectivity index (χ4n) is 3.25. The summed E-state index contributed by atoms with van der Waals surface area (Å²) in [6.07, 6.45) is 4.16. The standard InChI is InChI=1S/C19H30N2O/c1-4-16-7-9-17(10-8-16)15(3)21-19(22)12-14(2)18-6-5-11-20-13-18/h7-10,14-15,18,20H,4-6,11-13H2,1-3H3,(H,21,22). The molecule has 3 atom stereocenters. The van der Waals surface area contributed by atoms with Gasteiger partial charge in [0.15, 0.2) is 0 Å². The van der Waals surface area contributed by atoms with E-state index in [2.05, 4.69) is 55.7 Å². The van der Waals surface area contributed by atoms with Gasteiger partial charge in [-0.05, 0) is 62.2 Å². The second-order valence-electron chi connectivity index (χ2n) is 6.67. The Morgan fingerprint density at radius 2 is 2.05 bits per heavy atom. The molecule has 1 amide bonds. The van der Waals surface area contributed by atoms with Crippen molar-refractivity contribution in [3.8, 4) is 0 Å². The zero-order valence-corrected chi connectivity index (χ0v) is 14.2. The van der Waals surface area contributed by atoms with Crippen molar-refractivity contribution in [1.82, 2.24) is 10.6 Å². The number of carbonyl (C=O) groups is 1. The maximum absolute atomic E-state index is 12.3. The number of hydrogen-bond donors (Lipinski definition) is 2. The van der Waals surface area contributed by atoms with Gasteiger partial charge >= 0.3 is 0 Å². The van der Waals surface area contributed by atoms with E-state index in [0.29, 0.717) is 18.3 Å². The number of piperidine rings is 1. The molecule has 1 aliphatic rings. The lowest BCUT2D eigenvalue weighted by Gasteiger charge is -2.28. The first-order valence-corrected chi connectivity index (χ1v) is 8.69. The van der Waals surface area contributed by atoms with E-state index in [0.717, 1.165) is 19.5 Å². The van der Waals surface area contributed by atoms with Crippen LogP contribution in [0, 0.1) is 11.8 Å². The van der Waals surface area contributed by atoms with Crippen molar-refractivity contribution in [2.45, 2.75) is 52.5 Å². The molecule has 0 bridgehead atoms. The van der Waals surface area contributed by atoms with E-state index in [1.54, 1.807) is 0 Å². The second kappa shape index (κ2) is 8.33. The summed E-state index contributed by atoms with van der Waals surface area (Å²) in [5.41, 5.74) is 2.51. The van der Waals surface area contributed by atoms with E-state index >= 15 is 0 Å². The Bertz CT molecular complexity index is 463. The summed E-state index contributed by atoms with van der Waals surface area (Å²) in [5, 5.41) is 6.58. The van der Waals surface area contributed by atoms with Gasteiger partial charge < -0.3 is 10.6 Å². The summed E-state index contributed by atoms with van der Waals surface area (Å²) in [5.74, 6) is 1.26. The van der Waals surface area contributed by atoms with E-state index in [4.69, 9.17) is 0 Å². The molecule has 1 fully saturated rings. The maximum atomic E-state index is 12.3. The molecule has 0 aliphatic carbocycles. The molecule has 122 valence electrons. The highest BCUT2D eigenvalue weighted by atomic mass is 16.1. The number of carbonyl (C=O) groups excluding carboxylic acids is 1. The molecule has 3 unspecified atom stereocenters. The van der Waals surface area contributed by atoms with Crippen LogP contribution in [0.25, 0.3) is 0 Å². The van der Waals surface area contributed by atoms with Gasteiger partial charge in [0.25, 0.3) is 0 Å². The molecule has 0 saturated carbocycles. The molecule has 1 saturated heterocycles. The first kappa shape index (κ1) is 17.0. The predicted molar refractivity (Wildman–Crippen MR) is 91.8 cm³/mol. The Balaban J connectivity index is 1.82. The molecule has 3 nitrogen and oxygen atoms in total. The van der Waals surface area contributed by atoms with Crippen molar-refractivity contribution in [3.63, 3.8) is 0 Å². The van der Waals surface area contributed by atoms with Crippen LogP contribution in [0.5, 0.6) is 0 Å². The van der Waals surface area contributed by atoms with Crippen LogP contribution in [-0.2, 0) is 11.2 Å². The molecule has 0 aromatic heterocycles. The third-order valence-corrected chi connectivity index (χ3v) is 4.91. The fourth-order valence-corrected chi connectivity index (χ4v) is 3.25. The smallest absolute Gasteiger partial charge is 0.220 e. The first-order valence-electron chi connectivity index (χ1n) is 8.69. The zero-order chi connectivity index (χ0) is 15.9. The lowest BCUT2D eigenvalue weighted by atomic mass is 9.85. The van der Waals surface area contributed by atoms with Crippen LogP contribution < -0.4 is 10.6 Å². The van der Waals surface area contributed by atoms with Gasteiger partial charge in [0.2, 0.25) is 5.91 Å². The average molecular weight is 302 g/mol. The van der Waals surface area contributed by atoms with Crippen LogP contribution >= 0.6 is 0 Å². The van der Waals surface area contributed by atoms with Crippen LogP contribution in [0.4, 0.5) is 0 Å². The molecule has 22 heavy (non-hydrogen) atoms. The number of rotatable bonds is 6. The van der Waals surface area contributed by atoms with Crippen molar-refractivity contribution in [2.75, 3.05) is 13.1 Å². The molecule has 1 aromatic rings. The van der Waals surface area contributed by atoms with E-state index in [1.165, 1.54) is 24.0 Å². The number of nitrogens with one attached hydrogen (secondary N) is 2. The number of amides is 1. The van der Waals surface area contributed by atoms with Gasteiger partial charge in [0.1, 0.15) is 0 Å². The average Bonchev–Trinajstić information content (AvgIpc) is 2.55. The van der Waals surface area contributed by atoms with Gasteiger partial charge in [-0.15, -0.1) is 0 Å². The maximum Gasteiger partial charge on any atom is 0.220 e. The third-order valence-electron chi connectivity index (χ3n) is 4.91. The van der Waals surface area contributed by atoms with E-state index in [1.807, 2.05) is 0 Å². The molecular weight excluding hydrogens is 272 g/mol. The van der Waals surface area contributed by atoms with Crippen molar-refractivity contribution >= 4 is 5.91 Å². The molecule has 0 radical (unpaired) electrons. The van der Waals surface area contributed by atoms with Crippen molar-refractivity contribution < 1.29 is 4.79 Å². The molecule has 0 spiro atoms. The topological polar surface area (TPSA) is 41.1 Å². The Kier molecular flexibility index (Phi) is 6.44. The lowest BCUT2D eigenvalue weighted by Crippen LogP contribution is -2.36. The molecule has 3 heteroatoms. The van der Waals surface area contributed by atoms with Crippen LogP contribution in [0.1, 0.15) is 57.2 Å². The normalized spacial score (nSPS) is 21.1. The van der Waals surface area contributed by atoms with E-state index in [9.17, 15) is 4.79 Å². The van der Waals surface area contributed by atoms with Gasteiger partial charge in [-0.3, -0.25) is 4.79 Å². The molecule has 2 N–H and O–H groups in total. The van der Waals surface area contributed by atoms with Crippen LogP contribution in [0.3, 0.4) is 0 Å². The predicted octanol–water partition coefficient (Wildman–Crippen LogP) is 3.45. The molecule has 1 aromatic carbocycles. The fraction of sp³-hybridized carbons (Fsp3) is 0.632. The molecule has 1 heterocycles. The number of aryl methyl sites for hydroxylation is 1. The van der Waals surface area contributed by atoms with E-state index in [-0.39, 0.29) is 11.9 Å². The minimum absolute atomic E-state index is 0.0788. The van der Waals surface area contributed by atoms with Gasteiger partial charge in [0, 0.05) is 6.42 Å². The van der Waals surface area contributed by atoms with Crippen LogP contribution in [0.15, 0.2) is 24.3 Å². The SMILES string of the molecule is CCc1ccc(C(C)NC(=O)CC(C)C2CCCNC2)cc1. The minimum atomic E-state index is 0.0788. The summed E-state index contributed by atoms with van der Waals surface area (Å²) >= 11 is 0. The summed E-state index contributed by atoms with van der Waals surface area (Å²) in [4.78, 5) is 12.3. The Morgan fingerprint density at radius 3 is 2.64 bits per heavy atom. The minimum Gasteiger partial charge on any atom is -0.350 e. The molecular formula is C19H30N2O. The molecule has 1 aliphatic heterocycles. The Hall–Kier alpha value is -1.35. The van der Waals surface area contributed by atoms with E-state index < -0.39 is 0 Å². The third kappa shape index (κ3) is 4.84. The number of hydrogen-bond acceptors (Lipinski definition) is 2. The van der Waals surface area contributed by atoms with Gasteiger partial charge in [-0.1, -0.05) is 38.1 Å². The lowest BCUT2D eigenvalue weighted by molar-refractivity contribution is -0.123. The summed E-state index contributed by atoms with van der Waals surface area (Å²) in [6, 6.07) is 8.62. The van der Waals surface area contributed by atoms with Gasteiger partial charge in [-0.25, -0.2) is 0 Å². The Morgan fingerprint density at radius 1 is 1.32 bits per heavy atom. The van der Waals surface area contributed by atoms with Gasteiger partial charge in [0.05, 0.1) is 6.04 Å². The van der Waals surface area contributed by atoms with Crippen LogP contribution in [-0.4, -0.2) is 19.0 Å². The second-order valence-corrected chi connectivity index (χ2v) is 6.67. The number of benzene rings is 1. The molecule has 2 rings (SSSR count). The van der Waals surface area contributed by atoms with Crippen molar-refractivity contribution in [3.05, 3.63) is 35.4 Å².